The Labute approximate surface area is 93.6 Å². The molecule has 16 heavy (non-hydrogen) atoms. The fourth-order valence-corrected chi connectivity index (χ4v) is 2.63. The van der Waals surface area contributed by atoms with Crippen LogP contribution in [0.15, 0.2) is 24.4 Å². The lowest BCUT2D eigenvalue weighted by Crippen LogP contribution is -2.35. The Morgan fingerprint density at radius 1 is 1.19 bits per heavy atom. The fourth-order valence-electron chi connectivity index (χ4n) is 2.63. The Morgan fingerprint density at radius 2 is 1.94 bits per heavy atom. The van der Waals surface area contributed by atoms with E-state index >= 15 is 0 Å². The van der Waals surface area contributed by atoms with Gasteiger partial charge in [-0.3, -0.25) is 0 Å². The number of rotatable bonds is 0. The van der Waals surface area contributed by atoms with Gasteiger partial charge in [0.1, 0.15) is 0 Å². The second-order valence-electron chi connectivity index (χ2n) is 4.54. The summed E-state index contributed by atoms with van der Waals surface area (Å²) in [6.07, 6.45) is 1.62. The number of para-hydroxylation sites is 1. The number of hydrogen-bond donors (Lipinski definition) is 2. The molecule has 0 radical (unpaired) electrons. The van der Waals surface area contributed by atoms with E-state index in [4.69, 9.17) is 0 Å². The van der Waals surface area contributed by atoms with Crippen molar-refractivity contribution in [3.05, 3.63) is 30.0 Å². The summed E-state index contributed by atoms with van der Waals surface area (Å²) < 4.78 is 2.05. The Kier molecular flexibility index (Phi) is 1.70. The van der Waals surface area contributed by atoms with E-state index in [1.165, 1.54) is 5.56 Å². The van der Waals surface area contributed by atoms with Crippen LogP contribution in [0.4, 0.5) is 0 Å². The Balaban J connectivity index is 2.52. The van der Waals surface area contributed by atoms with Gasteiger partial charge in [-0.1, -0.05) is 19.1 Å². The molecule has 1 aromatic heterocycles. The molecule has 0 amide bonds. The molecule has 2 heterocycles. The third-order valence-corrected chi connectivity index (χ3v) is 3.74. The van der Waals surface area contributed by atoms with Crippen LogP contribution in [-0.2, 0) is 0 Å². The van der Waals surface area contributed by atoms with Gasteiger partial charge in [0.25, 0.3) is 0 Å². The quantitative estimate of drug-likeness (QED) is 0.663. The second-order valence-corrected chi connectivity index (χ2v) is 4.54. The van der Waals surface area contributed by atoms with Crippen LogP contribution in [0.25, 0.3) is 10.9 Å². The number of pyridine rings is 1. The SMILES string of the molecule is CC1c2cccc3c(O)c(O)c[n+](c23)C1C. The number of nitrogens with zero attached hydrogens (tertiary/aromatic N) is 1. The van der Waals surface area contributed by atoms with E-state index < -0.39 is 0 Å². The van der Waals surface area contributed by atoms with Crippen molar-refractivity contribution in [2.24, 2.45) is 0 Å². The molecule has 3 heteroatoms. The highest BCUT2D eigenvalue weighted by molar-refractivity contribution is 5.87. The zero-order valence-electron chi connectivity index (χ0n) is 9.31. The molecule has 0 saturated carbocycles. The third kappa shape index (κ3) is 0.953. The van der Waals surface area contributed by atoms with Gasteiger partial charge < -0.3 is 10.2 Å². The van der Waals surface area contributed by atoms with E-state index in [2.05, 4.69) is 19.9 Å². The predicted molar refractivity (Wildman–Crippen MR) is 60.6 cm³/mol. The van der Waals surface area contributed by atoms with E-state index in [-0.39, 0.29) is 11.5 Å². The number of aromatic hydroxyl groups is 2. The van der Waals surface area contributed by atoms with Crippen molar-refractivity contribution < 1.29 is 14.8 Å². The zero-order chi connectivity index (χ0) is 11.4. The standard InChI is InChI=1S/C13H13NO2/c1-7-8(2)14-6-11(15)13(16)10-5-3-4-9(7)12(10)14/h3-8,15H,1-2H3/p+1. The van der Waals surface area contributed by atoms with Crippen LogP contribution in [0.1, 0.15) is 31.4 Å². The topological polar surface area (TPSA) is 44.3 Å². The van der Waals surface area contributed by atoms with Crippen LogP contribution in [0.3, 0.4) is 0 Å². The molecule has 1 aliphatic heterocycles. The highest BCUT2D eigenvalue weighted by Crippen LogP contribution is 2.41. The van der Waals surface area contributed by atoms with Gasteiger partial charge in [0.15, 0.2) is 11.8 Å². The average Bonchev–Trinajstić information content (AvgIpc) is 2.53. The van der Waals surface area contributed by atoms with E-state index in [1.54, 1.807) is 6.20 Å². The summed E-state index contributed by atoms with van der Waals surface area (Å²) in [5.41, 5.74) is 2.28. The van der Waals surface area contributed by atoms with Crippen molar-refractivity contribution in [1.29, 1.82) is 0 Å². The van der Waals surface area contributed by atoms with Gasteiger partial charge >= 0.3 is 0 Å². The van der Waals surface area contributed by atoms with Gasteiger partial charge in [0.05, 0.1) is 5.39 Å². The lowest BCUT2D eigenvalue weighted by atomic mass is 9.97. The third-order valence-electron chi connectivity index (χ3n) is 3.74. The van der Waals surface area contributed by atoms with Crippen molar-refractivity contribution in [3.63, 3.8) is 0 Å². The van der Waals surface area contributed by atoms with Crippen LogP contribution < -0.4 is 4.57 Å². The summed E-state index contributed by atoms with van der Waals surface area (Å²) >= 11 is 0. The molecule has 82 valence electrons. The summed E-state index contributed by atoms with van der Waals surface area (Å²) in [5, 5.41) is 20.3. The molecule has 0 aliphatic carbocycles. The molecule has 2 N–H and O–H groups in total. The van der Waals surface area contributed by atoms with E-state index in [9.17, 15) is 10.2 Å². The number of benzene rings is 1. The van der Waals surface area contributed by atoms with Gasteiger partial charge in [-0.15, -0.1) is 0 Å². The highest BCUT2D eigenvalue weighted by Gasteiger charge is 2.37. The number of hydrogen-bond acceptors (Lipinski definition) is 2. The number of aromatic nitrogens is 1. The van der Waals surface area contributed by atoms with Crippen LogP contribution >= 0.6 is 0 Å². The van der Waals surface area contributed by atoms with Gasteiger partial charge in [-0.25, -0.2) is 0 Å². The highest BCUT2D eigenvalue weighted by atomic mass is 16.3. The molecule has 0 fully saturated rings. The van der Waals surface area contributed by atoms with E-state index in [0.717, 1.165) is 10.9 Å². The van der Waals surface area contributed by atoms with Crippen molar-refractivity contribution in [2.75, 3.05) is 0 Å². The van der Waals surface area contributed by atoms with Crippen molar-refractivity contribution in [1.82, 2.24) is 0 Å². The Morgan fingerprint density at radius 3 is 2.69 bits per heavy atom. The summed E-state index contributed by atoms with van der Waals surface area (Å²) in [6, 6.07) is 6.17. The molecule has 0 saturated heterocycles. The summed E-state index contributed by atoms with van der Waals surface area (Å²) in [5.74, 6) is 0.338. The maximum atomic E-state index is 9.84. The molecule has 2 unspecified atom stereocenters. The maximum Gasteiger partial charge on any atom is 0.223 e. The van der Waals surface area contributed by atoms with Crippen LogP contribution in [-0.4, -0.2) is 10.2 Å². The first-order chi connectivity index (χ1) is 7.61. The van der Waals surface area contributed by atoms with Crippen molar-refractivity contribution in [3.8, 4) is 11.5 Å². The van der Waals surface area contributed by atoms with E-state index in [1.807, 2.05) is 16.7 Å². The van der Waals surface area contributed by atoms with Crippen molar-refractivity contribution >= 4 is 10.9 Å². The average molecular weight is 216 g/mol. The van der Waals surface area contributed by atoms with Gasteiger partial charge in [0.2, 0.25) is 17.5 Å². The summed E-state index contributed by atoms with van der Waals surface area (Å²) in [4.78, 5) is 0. The Hall–Kier alpha value is -1.77. The fraction of sp³-hybridized carbons (Fsp3) is 0.308. The van der Waals surface area contributed by atoms with Gasteiger partial charge in [0, 0.05) is 11.5 Å². The largest absolute Gasteiger partial charge is 0.504 e. The summed E-state index contributed by atoms with van der Waals surface area (Å²) in [7, 11) is 0. The van der Waals surface area contributed by atoms with Gasteiger partial charge in [-0.2, -0.15) is 4.57 Å². The zero-order valence-corrected chi connectivity index (χ0v) is 9.31. The Bertz CT molecular complexity index is 592. The first-order valence-electron chi connectivity index (χ1n) is 5.50. The molecule has 1 aliphatic rings. The molecule has 2 atom stereocenters. The second kappa shape index (κ2) is 2.88. The first kappa shape index (κ1) is 9.46. The van der Waals surface area contributed by atoms with Crippen molar-refractivity contribution in [2.45, 2.75) is 25.8 Å². The van der Waals surface area contributed by atoms with Crippen LogP contribution in [0.5, 0.6) is 11.5 Å². The maximum absolute atomic E-state index is 9.84. The molecule has 1 aromatic carbocycles. The normalized spacial score (nSPS) is 22.9. The minimum Gasteiger partial charge on any atom is -0.504 e. The molecule has 3 rings (SSSR count). The first-order valence-corrected chi connectivity index (χ1v) is 5.50. The predicted octanol–water partition coefficient (Wildman–Crippen LogP) is 2.22. The van der Waals surface area contributed by atoms with Gasteiger partial charge in [-0.05, 0) is 13.0 Å². The minimum atomic E-state index is -0.0504. The minimum absolute atomic E-state index is 0.0191. The molecule has 3 nitrogen and oxygen atoms in total. The molecule has 2 aromatic rings. The monoisotopic (exact) mass is 216 g/mol. The molecular weight excluding hydrogens is 202 g/mol. The van der Waals surface area contributed by atoms with E-state index in [0.29, 0.717) is 12.0 Å². The van der Waals surface area contributed by atoms with Crippen LogP contribution in [0.2, 0.25) is 0 Å². The molecule has 0 bridgehead atoms. The molecular formula is C13H14NO2+. The summed E-state index contributed by atoms with van der Waals surface area (Å²) in [6.45, 7) is 4.29. The van der Waals surface area contributed by atoms with Crippen LogP contribution in [0, 0.1) is 0 Å². The lowest BCUT2D eigenvalue weighted by molar-refractivity contribution is -0.690. The molecule has 0 spiro atoms. The smallest absolute Gasteiger partial charge is 0.223 e. The lowest BCUT2D eigenvalue weighted by Gasteiger charge is -2.05.